The molecule has 1 atom stereocenters. The second-order valence-electron chi connectivity index (χ2n) is 7.45. The van der Waals surface area contributed by atoms with Crippen LogP contribution in [-0.2, 0) is 22.6 Å². The Bertz CT molecular complexity index is 1030. The molecule has 0 aliphatic carbocycles. The highest BCUT2D eigenvalue weighted by Gasteiger charge is 2.26. The Labute approximate surface area is 169 Å². The minimum Gasteiger partial charge on any atom is -0.326 e. The van der Waals surface area contributed by atoms with Crippen LogP contribution in [0.5, 0.6) is 0 Å². The van der Waals surface area contributed by atoms with Crippen LogP contribution >= 0.6 is 0 Å². The van der Waals surface area contributed by atoms with E-state index in [4.69, 9.17) is 0 Å². The van der Waals surface area contributed by atoms with E-state index in [1.54, 1.807) is 4.68 Å². The van der Waals surface area contributed by atoms with Gasteiger partial charge in [-0.2, -0.15) is 5.10 Å². The van der Waals surface area contributed by atoms with Crippen LogP contribution in [-0.4, -0.2) is 21.6 Å². The van der Waals surface area contributed by atoms with Crippen molar-refractivity contribution >= 4 is 23.3 Å². The van der Waals surface area contributed by atoms with Crippen molar-refractivity contribution in [3.63, 3.8) is 0 Å². The van der Waals surface area contributed by atoms with E-state index in [1.807, 2.05) is 67.6 Å². The van der Waals surface area contributed by atoms with Crippen molar-refractivity contribution in [2.45, 2.75) is 32.7 Å². The molecule has 6 heteroatoms. The van der Waals surface area contributed by atoms with Crippen molar-refractivity contribution in [3.8, 4) is 0 Å². The average Bonchev–Trinajstić information content (AvgIpc) is 3.05. The molecule has 1 aliphatic heterocycles. The fourth-order valence-corrected chi connectivity index (χ4v) is 3.68. The average molecular weight is 388 g/mol. The molecule has 2 amide bonds. The molecular formula is C23H24N4O2. The van der Waals surface area contributed by atoms with E-state index >= 15 is 0 Å². The van der Waals surface area contributed by atoms with Crippen LogP contribution in [0.15, 0.2) is 60.7 Å². The molecule has 3 aromatic rings. The molecule has 0 radical (unpaired) electrons. The predicted molar refractivity (Wildman–Crippen MR) is 113 cm³/mol. The highest BCUT2D eigenvalue weighted by Crippen LogP contribution is 2.27. The lowest BCUT2D eigenvalue weighted by Crippen LogP contribution is -2.30. The van der Waals surface area contributed by atoms with Crippen LogP contribution < -0.4 is 10.6 Å². The van der Waals surface area contributed by atoms with Gasteiger partial charge in [0.25, 0.3) is 0 Å². The van der Waals surface area contributed by atoms with Crippen molar-refractivity contribution in [2.75, 3.05) is 10.6 Å². The number of para-hydroxylation sites is 1. The van der Waals surface area contributed by atoms with Crippen LogP contribution in [0.4, 0.5) is 11.5 Å². The number of rotatable bonds is 6. The molecule has 0 bridgehead atoms. The summed E-state index contributed by atoms with van der Waals surface area (Å²) in [6.45, 7) is 2.49. The first kappa shape index (κ1) is 18.9. The number of hydrogen-bond donors (Lipinski definition) is 2. The van der Waals surface area contributed by atoms with E-state index in [2.05, 4.69) is 15.7 Å². The zero-order valence-corrected chi connectivity index (χ0v) is 16.4. The topological polar surface area (TPSA) is 76.0 Å². The van der Waals surface area contributed by atoms with E-state index in [-0.39, 0.29) is 24.2 Å². The van der Waals surface area contributed by atoms with E-state index in [9.17, 15) is 9.59 Å². The number of anilines is 2. The largest absolute Gasteiger partial charge is 0.326 e. The van der Waals surface area contributed by atoms with Gasteiger partial charge in [0.05, 0.1) is 12.2 Å². The SMILES string of the molecule is Cc1cc(NC(=O)CCC2Cc3ccccc3NC2=O)n(Cc2ccccc2)n1. The third kappa shape index (κ3) is 4.54. The molecule has 0 fully saturated rings. The zero-order chi connectivity index (χ0) is 20.2. The maximum atomic E-state index is 12.5. The number of fused-ring (bicyclic) bond motifs is 1. The Morgan fingerprint density at radius 2 is 1.93 bits per heavy atom. The Morgan fingerprint density at radius 1 is 1.17 bits per heavy atom. The highest BCUT2D eigenvalue weighted by molar-refractivity contribution is 5.96. The van der Waals surface area contributed by atoms with Gasteiger partial charge in [0.1, 0.15) is 5.82 Å². The monoisotopic (exact) mass is 388 g/mol. The third-order valence-corrected chi connectivity index (χ3v) is 5.18. The summed E-state index contributed by atoms with van der Waals surface area (Å²) in [4.78, 5) is 24.9. The summed E-state index contributed by atoms with van der Waals surface area (Å²) < 4.78 is 1.80. The summed E-state index contributed by atoms with van der Waals surface area (Å²) in [7, 11) is 0. The molecule has 0 saturated heterocycles. The minimum atomic E-state index is -0.188. The maximum Gasteiger partial charge on any atom is 0.227 e. The van der Waals surface area contributed by atoms with Gasteiger partial charge in [-0.25, -0.2) is 4.68 Å². The molecule has 29 heavy (non-hydrogen) atoms. The van der Waals surface area contributed by atoms with E-state index in [1.165, 1.54) is 0 Å². The van der Waals surface area contributed by atoms with Crippen molar-refractivity contribution in [2.24, 2.45) is 5.92 Å². The van der Waals surface area contributed by atoms with Crippen LogP contribution in [0.2, 0.25) is 0 Å². The molecule has 1 unspecified atom stereocenters. The van der Waals surface area contributed by atoms with Crippen LogP contribution in [0.25, 0.3) is 0 Å². The van der Waals surface area contributed by atoms with Gasteiger partial charge in [0.2, 0.25) is 11.8 Å². The fraction of sp³-hybridized carbons (Fsp3) is 0.261. The first-order valence-corrected chi connectivity index (χ1v) is 9.85. The maximum absolute atomic E-state index is 12.5. The standard InChI is InChI=1S/C23H24N4O2/c1-16-13-21(27(26-16)15-17-7-3-2-4-8-17)25-22(28)12-11-19-14-18-9-5-6-10-20(18)24-23(19)29/h2-10,13,19H,11-12,14-15H2,1H3,(H,24,29)(H,25,28). The Kier molecular flexibility index (Phi) is 5.42. The van der Waals surface area contributed by atoms with E-state index < -0.39 is 0 Å². The number of aryl methyl sites for hydroxylation is 1. The third-order valence-electron chi connectivity index (χ3n) is 5.18. The molecule has 0 spiro atoms. The van der Waals surface area contributed by atoms with Gasteiger partial charge in [-0.1, -0.05) is 48.5 Å². The lowest BCUT2D eigenvalue weighted by molar-refractivity contribution is -0.121. The second-order valence-corrected chi connectivity index (χ2v) is 7.45. The summed E-state index contributed by atoms with van der Waals surface area (Å²) in [5.74, 6) is 0.369. The van der Waals surface area contributed by atoms with Crippen LogP contribution in [0, 0.1) is 12.8 Å². The molecule has 0 saturated carbocycles. The number of hydrogen-bond acceptors (Lipinski definition) is 3. The lowest BCUT2D eigenvalue weighted by atomic mass is 9.89. The normalized spacial score (nSPS) is 15.5. The van der Waals surface area contributed by atoms with Crippen LogP contribution in [0.3, 0.4) is 0 Å². The number of carbonyl (C=O) groups excluding carboxylic acids is 2. The molecule has 148 valence electrons. The van der Waals surface area contributed by atoms with Gasteiger partial charge < -0.3 is 10.6 Å². The summed E-state index contributed by atoms with van der Waals surface area (Å²) in [5, 5.41) is 10.4. The molecule has 6 nitrogen and oxygen atoms in total. The molecule has 2 heterocycles. The summed E-state index contributed by atoms with van der Waals surface area (Å²) in [6, 6.07) is 19.7. The van der Waals surface area contributed by atoms with E-state index in [0.29, 0.717) is 25.2 Å². The number of nitrogens with one attached hydrogen (secondary N) is 2. The van der Waals surface area contributed by atoms with Crippen LogP contribution in [0.1, 0.15) is 29.7 Å². The number of carbonyl (C=O) groups is 2. The minimum absolute atomic E-state index is 0.0125. The van der Waals surface area contributed by atoms with Gasteiger partial charge in [-0.3, -0.25) is 9.59 Å². The quantitative estimate of drug-likeness (QED) is 0.675. The fourth-order valence-electron chi connectivity index (χ4n) is 3.68. The smallest absolute Gasteiger partial charge is 0.227 e. The molecule has 1 aromatic heterocycles. The van der Waals surface area contributed by atoms with Gasteiger partial charge >= 0.3 is 0 Å². The highest BCUT2D eigenvalue weighted by atomic mass is 16.2. The molecule has 2 aromatic carbocycles. The molecule has 4 rings (SSSR count). The van der Waals surface area contributed by atoms with Gasteiger partial charge in [-0.05, 0) is 37.0 Å². The van der Waals surface area contributed by atoms with Crippen molar-refractivity contribution < 1.29 is 9.59 Å². The number of amides is 2. The van der Waals surface area contributed by atoms with Gasteiger partial charge in [0, 0.05) is 24.1 Å². The van der Waals surface area contributed by atoms with Gasteiger partial charge in [0.15, 0.2) is 0 Å². The van der Waals surface area contributed by atoms with Crippen molar-refractivity contribution in [1.29, 1.82) is 0 Å². The molecule has 1 aliphatic rings. The molecular weight excluding hydrogens is 364 g/mol. The summed E-state index contributed by atoms with van der Waals surface area (Å²) >= 11 is 0. The second kappa shape index (κ2) is 8.31. The Balaban J connectivity index is 1.36. The summed E-state index contributed by atoms with van der Waals surface area (Å²) in [5.41, 5.74) is 3.95. The van der Waals surface area contributed by atoms with Crippen molar-refractivity contribution in [1.82, 2.24) is 9.78 Å². The number of benzene rings is 2. The predicted octanol–water partition coefficient (Wildman–Crippen LogP) is 3.77. The first-order valence-electron chi connectivity index (χ1n) is 9.85. The Hall–Kier alpha value is -3.41. The number of aromatic nitrogens is 2. The first-order chi connectivity index (χ1) is 14.1. The summed E-state index contributed by atoms with van der Waals surface area (Å²) in [6.07, 6.45) is 1.47. The zero-order valence-electron chi connectivity index (χ0n) is 16.4. The van der Waals surface area contributed by atoms with Gasteiger partial charge in [-0.15, -0.1) is 0 Å². The van der Waals surface area contributed by atoms with Crippen molar-refractivity contribution in [3.05, 3.63) is 77.5 Å². The number of nitrogens with zero attached hydrogens (tertiary/aromatic N) is 2. The van der Waals surface area contributed by atoms with E-state index in [0.717, 1.165) is 22.5 Å². The Morgan fingerprint density at radius 3 is 2.76 bits per heavy atom. The lowest BCUT2D eigenvalue weighted by Gasteiger charge is -2.24. The molecule has 2 N–H and O–H groups in total.